The van der Waals surface area contributed by atoms with Crippen molar-refractivity contribution >= 4 is 29.2 Å². The summed E-state index contributed by atoms with van der Waals surface area (Å²) in [5.41, 5.74) is 1.69. The van der Waals surface area contributed by atoms with Gasteiger partial charge < -0.3 is 14.6 Å². The molecule has 3 heterocycles. The smallest absolute Gasteiger partial charge is 0.227 e. The van der Waals surface area contributed by atoms with Crippen molar-refractivity contribution in [1.82, 2.24) is 19.9 Å². The molecule has 0 aliphatic carbocycles. The molecule has 0 bridgehead atoms. The molecule has 23 heavy (non-hydrogen) atoms. The van der Waals surface area contributed by atoms with Crippen LogP contribution in [0.2, 0.25) is 0 Å². The Kier molecular flexibility index (Phi) is 3.72. The minimum Gasteiger partial charge on any atom is -0.378 e. The van der Waals surface area contributed by atoms with Gasteiger partial charge in [-0.3, -0.25) is 0 Å². The lowest BCUT2D eigenvalue weighted by atomic mass is 10.2. The molecule has 0 amide bonds. The number of hydrogen-bond donors (Lipinski definition) is 1. The van der Waals surface area contributed by atoms with E-state index < -0.39 is 0 Å². The first-order valence-corrected chi connectivity index (χ1v) is 7.87. The summed E-state index contributed by atoms with van der Waals surface area (Å²) in [6, 6.07) is 9.89. The molecule has 0 radical (unpaired) electrons. The van der Waals surface area contributed by atoms with Crippen molar-refractivity contribution in [2.45, 2.75) is 0 Å². The van der Waals surface area contributed by atoms with Gasteiger partial charge in [0.15, 0.2) is 0 Å². The fraction of sp³-hybridized carbons (Fsp3) is 0.250. The average Bonchev–Trinajstić information content (AvgIpc) is 2.63. The third kappa shape index (κ3) is 2.80. The van der Waals surface area contributed by atoms with Crippen LogP contribution < -0.4 is 4.90 Å². The minimum atomic E-state index is 0.506. The highest BCUT2D eigenvalue weighted by Gasteiger charge is 2.15. The number of nitrogens with zero attached hydrogens (tertiary/aromatic N) is 4. The Morgan fingerprint density at radius 3 is 2.65 bits per heavy atom. The summed E-state index contributed by atoms with van der Waals surface area (Å²) < 4.78 is 5.88. The molecule has 1 aromatic carbocycles. The molecule has 1 aliphatic heterocycles. The predicted octanol–water partition coefficient (Wildman–Crippen LogP) is 2.59. The highest BCUT2D eigenvalue weighted by Crippen LogP contribution is 2.20. The Labute approximate surface area is 138 Å². The molecule has 1 aliphatic rings. The van der Waals surface area contributed by atoms with Gasteiger partial charge >= 0.3 is 0 Å². The number of nitrogens with one attached hydrogen (secondary N) is 1. The van der Waals surface area contributed by atoms with Crippen molar-refractivity contribution in [2.75, 3.05) is 31.2 Å². The molecule has 1 saturated heterocycles. The lowest BCUT2D eigenvalue weighted by Gasteiger charge is -2.26. The van der Waals surface area contributed by atoms with Crippen LogP contribution in [0, 0.1) is 4.64 Å². The van der Waals surface area contributed by atoms with E-state index in [9.17, 15) is 0 Å². The first-order chi connectivity index (χ1) is 11.3. The van der Waals surface area contributed by atoms with Crippen molar-refractivity contribution in [2.24, 2.45) is 0 Å². The third-order valence-corrected chi connectivity index (χ3v) is 4.11. The second-order valence-corrected chi connectivity index (χ2v) is 5.67. The van der Waals surface area contributed by atoms with Crippen LogP contribution in [0.1, 0.15) is 0 Å². The molecule has 1 fully saturated rings. The van der Waals surface area contributed by atoms with Gasteiger partial charge in [0.05, 0.1) is 18.6 Å². The number of H-pyrrole nitrogens is 1. The maximum Gasteiger partial charge on any atom is 0.227 e. The molecule has 2 aromatic heterocycles. The number of anilines is 1. The second kappa shape index (κ2) is 6.02. The number of aromatic amines is 1. The molecule has 0 spiro atoms. The van der Waals surface area contributed by atoms with Crippen molar-refractivity contribution < 1.29 is 4.74 Å². The summed E-state index contributed by atoms with van der Waals surface area (Å²) in [5.74, 6) is 1.41. The van der Waals surface area contributed by atoms with Gasteiger partial charge in [-0.15, -0.1) is 0 Å². The van der Waals surface area contributed by atoms with E-state index in [0.717, 1.165) is 29.9 Å². The topological polar surface area (TPSA) is 66.9 Å². The first kappa shape index (κ1) is 14.2. The molecular formula is C16H15N5OS. The summed E-state index contributed by atoms with van der Waals surface area (Å²) in [6.45, 7) is 2.98. The summed E-state index contributed by atoms with van der Waals surface area (Å²) >= 11 is 5.40. The van der Waals surface area contributed by atoms with Crippen molar-refractivity contribution in [3.8, 4) is 11.4 Å². The van der Waals surface area contributed by atoms with Gasteiger partial charge in [0.1, 0.15) is 16.1 Å². The Morgan fingerprint density at radius 1 is 1.09 bits per heavy atom. The number of aromatic nitrogens is 4. The molecular weight excluding hydrogens is 310 g/mol. The van der Waals surface area contributed by atoms with Crippen LogP contribution in [0.4, 0.5) is 5.95 Å². The molecule has 0 saturated carbocycles. The zero-order valence-electron chi connectivity index (χ0n) is 12.4. The van der Waals surface area contributed by atoms with Gasteiger partial charge in [0.2, 0.25) is 5.95 Å². The van der Waals surface area contributed by atoms with Crippen LogP contribution in [0.5, 0.6) is 0 Å². The number of rotatable bonds is 2. The third-order valence-electron chi connectivity index (χ3n) is 3.80. The molecule has 7 heteroatoms. The lowest BCUT2D eigenvalue weighted by molar-refractivity contribution is 0.122. The zero-order valence-corrected chi connectivity index (χ0v) is 13.2. The Hall–Kier alpha value is -2.38. The normalized spacial score (nSPS) is 15.0. The summed E-state index contributed by atoms with van der Waals surface area (Å²) in [4.78, 5) is 18.9. The zero-order chi connectivity index (χ0) is 15.6. The SMILES string of the molecule is S=c1nc(-c2ccccc2)[nH]c2nc(N3CCOCC3)ncc12. The van der Waals surface area contributed by atoms with Crippen molar-refractivity contribution in [3.05, 3.63) is 41.2 Å². The van der Waals surface area contributed by atoms with Gasteiger partial charge in [0, 0.05) is 24.8 Å². The maximum absolute atomic E-state index is 5.40. The van der Waals surface area contributed by atoms with Crippen LogP contribution in [0.3, 0.4) is 0 Å². The van der Waals surface area contributed by atoms with Crippen LogP contribution in [0.15, 0.2) is 36.5 Å². The number of hydrogen-bond acceptors (Lipinski definition) is 6. The van der Waals surface area contributed by atoms with Gasteiger partial charge in [-0.25, -0.2) is 9.97 Å². The highest BCUT2D eigenvalue weighted by atomic mass is 32.1. The molecule has 3 aromatic rings. The van der Waals surface area contributed by atoms with E-state index in [0.29, 0.717) is 29.4 Å². The van der Waals surface area contributed by atoms with Crippen LogP contribution in [-0.4, -0.2) is 46.2 Å². The van der Waals surface area contributed by atoms with Crippen LogP contribution in [0.25, 0.3) is 22.4 Å². The van der Waals surface area contributed by atoms with E-state index in [1.807, 2.05) is 30.3 Å². The van der Waals surface area contributed by atoms with Gasteiger partial charge in [-0.05, 0) is 0 Å². The van der Waals surface area contributed by atoms with Crippen LogP contribution in [-0.2, 0) is 4.74 Å². The van der Waals surface area contributed by atoms with Gasteiger partial charge in [-0.2, -0.15) is 4.98 Å². The van der Waals surface area contributed by atoms with E-state index >= 15 is 0 Å². The van der Waals surface area contributed by atoms with Crippen LogP contribution >= 0.6 is 12.2 Å². The quantitative estimate of drug-likeness (QED) is 0.731. The Morgan fingerprint density at radius 2 is 1.87 bits per heavy atom. The molecule has 6 nitrogen and oxygen atoms in total. The Bertz CT molecular complexity index is 890. The van der Waals surface area contributed by atoms with E-state index in [-0.39, 0.29) is 0 Å². The second-order valence-electron chi connectivity index (χ2n) is 5.29. The molecule has 116 valence electrons. The minimum absolute atomic E-state index is 0.506. The standard InChI is InChI=1S/C16H15N5OS/c23-15-12-10-17-16(21-6-8-22-9-7-21)20-14(12)18-13(19-15)11-4-2-1-3-5-11/h1-5,10H,6-9H2,(H,17,18,19,20,23). The summed E-state index contributed by atoms with van der Waals surface area (Å²) in [5, 5.41) is 0.761. The predicted molar refractivity (Wildman–Crippen MR) is 91.0 cm³/mol. The number of fused-ring (bicyclic) bond motifs is 1. The first-order valence-electron chi connectivity index (χ1n) is 7.46. The van der Waals surface area contributed by atoms with E-state index in [1.54, 1.807) is 6.20 Å². The van der Waals surface area contributed by atoms with E-state index in [1.165, 1.54) is 0 Å². The fourth-order valence-electron chi connectivity index (χ4n) is 2.57. The molecule has 4 rings (SSSR count). The molecule has 0 atom stereocenters. The van der Waals surface area contributed by atoms with E-state index in [4.69, 9.17) is 17.0 Å². The lowest BCUT2D eigenvalue weighted by Crippen LogP contribution is -2.37. The van der Waals surface area contributed by atoms with E-state index in [2.05, 4.69) is 24.8 Å². The Balaban J connectivity index is 1.81. The molecule has 0 unspecified atom stereocenters. The molecule has 1 N–H and O–H groups in total. The maximum atomic E-state index is 5.40. The summed E-state index contributed by atoms with van der Waals surface area (Å²) in [6.07, 6.45) is 1.74. The number of benzene rings is 1. The van der Waals surface area contributed by atoms with Gasteiger partial charge in [-0.1, -0.05) is 42.5 Å². The fourth-order valence-corrected chi connectivity index (χ4v) is 2.82. The van der Waals surface area contributed by atoms with Crippen molar-refractivity contribution in [3.63, 3.8) is 0 Å². The van der Waals surface area contributed by atoms with Crippen molar-refractivity contribution in [1.29, 1.82) is 0 Å². The van der Waals surface area contributed by atoms with Gasteiger partial charge in [0.25, 0.3) is 0 Å². The highest BCUT2D eigenvalue weighted by molar-refractivity contribution is 7.71. The summed E-state index contributed by atoms with van der Waals surface area (Å²) in [7, 11) is 0. The average molecular weight is 325 g/mol. The number of morpholine rings is 1. The largest absolute Gasteiger partial charge is 0.378 e. The number of ether oxygens (including phenoxy) is 1. The monoisotopic (exact) mass is 325 g/mol.